The molecular formula is C5H5N3O. The molecule has 4 heteroatoms. The maximum absolute atomic E-state index is 4.47. The summed E-state index contributed by atoms with van der Waals surface area (Å²) in [6.45, 7) is 0. The van der Waals surface area contributed by atoms with Crippen LogP contribution in [0.4, 0.5) is 0 Å². The Bertz CT molecular complexity index is 218. The molecule has 0 bridgehead atoms. The van der Waals surface area contributed by atoms with Crippen molar-refractivity contribution in [2.24, 2.45) is 0 Å². The van der Waals surface area contributed by atoms with Crippen molar-refractivity contribution in [3.05, 3.63) is 12.4 Å². The highest BCUT2D eigenvalue weighted by Gasteiger charge is 1.78. The van der Waals surface area contributed by atoms with Crippen LogP contribution in [0.5, 0.6) is 0 Å². The summed E-state index contributed by atoms with van der Waals surface area (Å²) in [5.41, 5.74) is 0. The topological polar surface area (TPSA) is 39.9 Å². The molecule has 0 radical (unpaired) electrons. The third-order valence-electron chi connectivity index (χ3n) is 0.685. The van der Waals surface area contributed by atoms with Crippen LogP contribution in [0.1, 0.15) is 0 Å². The lowest BCUT2D eigenvalue weighted by Crippen LogP contribution is -1.88. The quantitative estimate of drug-likeness (QED) is 0.444. The predicted molar refractivity (Wildman–Crippen MR) is 30.2 cm³/mol. The van der Waals surface area contributed by atoms with E-state index in [1.807, 2.05) is 0 Å². The van der Waals surface area contributed by atoms with Crippen molar-refractivity contribution in [2.45, 2.75) is 0 Å². The number of hydrogen-bond donors (Lipinski definition) is 0. The molecule has 0 atom stereocenters. The van der Waals surface area contributed by atoms with Gasteiger partial charge < -0.3 is 4.74 Å². The van der Waals surface area contributed by atoms with Crippen molar-refractivity contribution in [2.75, 3.05) is 7.11 Å². The van der Waals surface area contributed by atoms with Crippen LogP contribution >= 0.6 is 0 Å². The molecule has 4 nitrogen and oxygen atoms in total. The molecule has 0 amide bonds. The zero-order valence-electron chi connectivity index (χ0n) is 4.90. The average Bonchev–Trinajstić information content (AvgIpc) is 2.34. The van der Waals surface area contributed by atoms with Crippen molar-refractivity contribution in [3.8, 4) is 12.2 Å². The number of nitrogens with zero attached hydrogens (tertiary/aromatic N) is 3. The molecule has 0 aromatic carbocycles. The van der Waals surface area contributed by atoms with E-state index < -0.39 is 0 Å². The number of rotatable bonds is 0. The largest absolute Gasteiger partial charge is 0.449 e. The standard InChI is InChI=1S/C5H5N3O/c1-9-5-4-8-3-2-6-7-8/h2-3H,1H3. The minimum atomic E-state index is 1.36. The molecule has 9 heavy (non-hydrogen) atoms. The maximum atomic E-state index is 4.47. The van der Waals surface area contributed by atoms with E-state index in [0.29, 0.717) is 0 Å². The molecule has 0 spiro atoms. The fraction of sp³-hybridized carbons (Fsp3) is 0.200. The Labute approximate surface area is 52.4 Å². The van der Waals surface area contributed by atoms with Crippen LogP contribution in [0, 0.1) is 12.2 Å². The van der Waals surface area contributed by atoms with Gasteiger partial charge in [0.1, 0.15) is 6.11 Å². The average molecular weight is 123 g/mol. The Morgan fingerprint density at radius 3 is 3.11 bits per heavy atom. The number of hydrogen-bond acceptors (Lipinski definition) is 3. The van der Waals surface area contributed by atoms with Gasteiger partial charge in [0.05, 0.1) is 25.5 Å². The Morgan fingerprint density at radius 2 is 2.56 bits per heavy atom. The molecular weight excluding hydrogens is 118 g/mol. The SMILES string of the molecule is COC#Cn1ccnn1. The summed E-state index contributed by atoms with van der Waals surface area (Å²) in [4.78, 5) is 0. The summed E-state index contributed by atoms with van der Waals surface area (Å²) in [7, 11) is 1.49. The molecule has 0 saturated heterocycles. The molecule has 1 aromatic heterocycles. The molecule has 46 valence electrons. The molecule has 1 aromatic rings. The van der Waals surface area contributed by atoms with Gasteiger partial charge in [0, 0.05) is 0 Å². The van der Waals surface area contributed by atoms with Gasteiger partial charge in [-0.05, 0) is 0 Å². The fourth-order valence-electron chi connectivity index (χ4n) is 0.360. The Balaban J connectivity index is 2.67. The van der Waals surface area contributed by atoms with Crippen molar-refractivity contribution in [1.82, 2.24) is 15.0 Å². The molecule has 0 saturated carbocycles. The van der Waals surface area contributed by atoms with E-state index in [1.54, 1.807) is 12.4 Å². The van der Waals surface area contributed by atoms with Gasteiger partial charge in [0.15, 0.2) is 0 Å². The second-order valence-corrected chi connectivity index (χ2v) is 1.27. The van der Waals surface area contributed by atoms with Crippen molar-refractivity contribution in [1.29, 1.82) is 0 Å². The highest BCUT2D eigenvalue weighted by Crippen LogP contribution is 1.71. The van der Waals surface area contributed by atoms with Crippen LogP contribution < -0.4 is 0 Å². The monoisotopic (exact) mass is 123 g/mol. The lowest BCUT2D eigenvalue weighted by Gasteiger charge is -1.78. The van der Waals surface area contributed by atoms with E-state index in [-0.39, 0.29) is 0 Å². The predicted octanol–water partition coefficient (Wildman–Crippen LogP) is -0.309. The Hall–Kier alpha value is -1.50. The van der Waals surface area contributed by atoms with Crippen molar-refractivity contribution < 1.29 is 4.74 Å². The van der Waals surface area contributed by atoms with Gasteiger partial charge in [0.25, 0.3) is 0 Å². The van der Waals surface area contributed by atoms with E-state index in [4.69, 9.17) is 0 Å². The number of aromatic nitrogens is 3. The van der Waals surface area contributed by atoms with Gasteiger partial charge >= 0.3 is 0 Å². The van der Waals surface area contributed by atoms with Gasteiger partial charge in [-0.2, -0.15) is 4.68 Å². The smallest absolute Gasteiger partial charge is 0.135 e. The number of methoxy groups -OCH3 is 1. The molecule has 0 fully saturated rings. The van der Waals surface area contributed by atoms with Crippen LogP contribution in [0.25, 0.3) is 0 Å². The minimum Gasteiger partial charge on any atom is -0.449 e. The summed E-state index contributed by atoms with van der Waals surface area (Å²) in [5, 5.41) is 7.10. The third kappa shape index (κ3) is 1.46. The van der Waals surface area contributed by atoms with E-state index in [0.717, 1.165) is 0 Å². The molecule has 0 N–H and O–H groups in total. The summed E-state index contributed by atoms with van der Waals surface area (Å²) >= 11 is 0. The normalized spacial score (nSPS) is 7.67. The van der Waals surface area contributed by atoms with Gasteiger partial charge in [-0.3, -0.25) is 0 Å². The van der Waals surface area contributed by atoms with Gasteiger partial charge in [0.2, 0.25) is 0 Å². The zero-order valence-corrected chi connectivity index (χ0v) is 4.90. The van der Waals surface area contributed by atoms with Gasteiger partial charge in [-0.15, -0.1) is 5.10 Å². The molecule has 0 aliphatic carbocycles. The lowest BCUT2D eigenvalue weighted by molar-refractivity contribution is 0.371. The first-order valence-corrected chi connectivity index (χ1v) is 2.34. The highest BCUT2D eigenvalue weighted by atomic mass is 16.5. The van der Waals surface area contributed by atoms with Crippen molar-refractivity contribution in [3.63, 3.8) is 0 Å². The van der Waals surface area contributed by atoms with E-state index in [1.165, 1.54) is 11.8 Å². The fourth-order valence-corrected chi connectivity index (χ4v) is 0.360. The van der Waals surface area contributed by atoms with Crippen LogP contribution in [-0.2, 0) is 4.74 Å². The van der Waals surface area contributed by atoms with Crippen LogP contribution in [0.2, 0.25) is 0 Å². The summed E-state index contributed by atoms with van der Waals surface area (Å²) in [5.74, 6) is 0. The Morgan fingerprint density at radius 1 is 1.67 bits per heavy atom. The minimum absolute atomic E-state index is 1.36. The molecule has 0 aliphatic rings. The first-order valence-electron chi connectivity index (χ1n) is 2.34. The van der Waals surface area contributed by atoms with Crippen LogP contribution in [0.3, 0.4) is 0 Å². The second kappa shape index (κ2) is 2.72. The van der Waals surface area contributed by atoms with Gasteiger partial charge in [-0.25, -0.2) is 0 Å². The van der Waals surface area contributed by atoms with E-state index >= 15 is 0 Å². The zero-order chi connectivity index (χ0) is 6.53. The Kier molecular flexibility index (Phi) is 1.70. The summed E-state index contributed by atoms with van der Waals surface area (Å²) < 4.78 is 5.83. The maximum Gasteiger partial charge on any atom is 0.135 e. The van der Waals surface area contributed by atoms with E-state index in [2.05, 4.69) is 27.2 Å². The number of ether oxygens (including phenoxy) is 1. The first kappa shape index (κ1) is 5.63. The second-order valence-electron chi connectivity index (χ2n) is 1.27. The first-order chi connectivity index (χ1) is 4.43. The highest BCUT2D eigenvalue weighted by molar-refractivity contribution is 4.92. The summed E-state index contributed by atoms with van der Waals surface area (Å²) in [6.07, 6.45) is 5.54. The van der Waals surface area contributed by atoms with Crippen molar-refractivity contribution >= 4 is 0 Å². The molecule has 1 heterocycles. The summed E-state index contributed by atoms with van der Waals surface area (Å²) in [6, 6.07) is 2.55. The lowest BCUT2D eigenvalue weighted by atomic mass is 10.9. The third-order valence-corrected chi connectivity index (χ3v) is 0.685. The molecule has 0 aliphatic heterocycles. The van der Waals surface area contributed by atoms with Gasteiger partial charge in [-0.1, -0.05) is 5.21 Å². The molecule has 0 unspecified atom stereocenters. The van der Waals surface area contributed by atoms with Crippen LogP contribution in [0.15, 0.2) is 12.4 Å². The van der Waals surface area contributed by atoms with Crippen LogP contribution in [-0.4, -0.2) is 22.1 Å². The van der Waals surface area contributed by atoms with E-state index in [9.17, 15) is 0 Å². The molecule has 1 rings (SSSR count).